The van der Waals surface area contributed by atoms with Crippen molar-refractivity contribution >= 4 is 46.5 Å². The number of likely N-dealkylation sites (N-methyl/N-ethyl adjacent to an activating group) is 1. The lowest BCUT2D eigenvalue weighted by Crippen LogP contribution is -2.60. The number of hydrogen-bond acceptors (Lipinski definition) is 8. The van der Waals surface area contributed by atoms with Crippen molar-refractivity contribution in [2.45, 2.75) is 92.4 Å². The van der Waals surface area contributed by atoms with E-state index in [1.807, 2.05) is 0 Å². The third kappa shape index (κ3) is 7.85. The number of amides is 1. The van der Waals surface area contributed by atoms with Crippen molar-refractivity contribution in [3.63, 3.8) is 0 Å². The fourth-order valence-corrected chi connectivity index (χ4v) is 9.98. The van der Waals surface area contributed by atoms with Crippen molar-refractivity contribution in [1.29, 1.82) is 0 Å². The summed E-state index contributed by atoms with van der Waals surface area (Å²) >= 11 is 5.95. The molecule has 0 spiro atoms. The molecule has 0 aromatic heterocycles. The van der Waals surface area contributed by atoms with Crippen molar-refractivity contribution in [3.8, 4) is 5.75 Å². The number of rotatable bonds is 11. The Hall–Kier alpha value is -2.98. The number of ether oxygens (including phenoxy) is 1. The summed E-state index contributed by atoms with van der Waals surface area (Å²) < 4.78 is 5.16. The second kappa shape index (κ2) is 15.9. The highest BCUT2D eigenvalue weighted by atomic mass is 35.5. The lowest BCUT2D eigenvalue weighted by molar-refractivity contribution is -0.166. The zero-order valence-corrected chi connectivity index (χ0v) is 30.9. The number of ketones is 3. The molecule has 0 unspecified atom stereocenters. The van der Waals surface area contributed by atoms with Crippen LogP contribution in [0.3, 0.4) is 0 Å². The van der Waals surface area contributed by atoms with Gasteiger partial charge in [0.1, 0.15) is 23.1 Å². The first-order valence-corrected chi connectivity index (χ1v) is 18.4. The molecule has 1 amide bonds. The van der Waals surface area contributed by atoms with Gasteiger partial charge in [-0.1, -0.05) is 46.2 Å². The molecule has 49 heavy (non-hydrogen) atoms. The minimum Gasteiger partial charge on any atom is -0.496 e. The Balaban J connectivity index is 0.000000238. The Labute approximate surface area is 296 Å². The van der Waals surface area contributed by atoms with Crippen LogP contribution < -0.4 is 15.8 Å². The summed E-state index contributed by atoms with van der Waals surface area (Å²) in [6.45, 7) is 13.9. The molecule has 0 heterocycles. The molecule has 0 saturated heterocycles. The van der Waals surface area contributed by atoms with Crippen LogP contribution in [-0.2, 0) is 19.2 Å². The number of carboxylic acid groups (broad SMARTS) is 1. The number of carboxylic acids is 1. The van der Waals surface area contributed by atoms with Crippen LogP contribution in [-0.4, -0.2) is 72.5 Å². The molecule has 4 saturated carbocycles. The number of nitrogens with one attached hydrogen (secondary N) is 1. The summed E-state index contributed by atoms with van der Waals surface area (Å²) in [7, 11) is 1.50. The van der Waals surface area contributed by atoms with Crippen LogP contribution in [0, 0.1) is 46.3 Å². The van der Waals surface area contributed by atoms with Gasteiger partial charge in [-0.25, -0.2) is 0 Å². The molecular formula is C38H56ClN3O7. The molecule has 1 aromatic rings. The molecule has 4 fully saturated rings. The van der Waals surface area contributed by atoms with Gasteiger partial charge < -0.3 is 25.8 Å². The molecule has 272 valence electrons. The number of Topliss-reactive ketones (excluding diaryl/α,β-unsaturated/α-hetero) is 3. The molecule has 5 rings (SSSR count). The summed E-state index contributed by atoms with van der Waals surface area (Å²) in [5.74, 6) is 0.735. The molecule has 4 N–H and O–H groups in total. The average molecular weight is 702 g/mol. The van der Waals surface area contributed by atoms with Crippen LogP contribution in [0.4, 0.5) is 5.69 Å². The molecule has 0 aliphatic heterocycles. The fourth-order valence-electron chi connectivity index (χ4n) is 9.82. The number of carbonyl (C=O) groups excluding carboxylic acids is 4. The second-order valence-corrected chi connectivity index (χ2v) is 15.6. The first-order valence-electron chi connectivity index (χ1n) is 18.0. The van der Waals surface area contributed by atoms with Crippen molar-refractivity contribution < 1.29 is 33.8 Å². The van der Waals surface area contributed by atoms with E-state index in [1.54, 1.807) is 6.07 Å². The van der Waals surface area contributed by atoms with E-state index in [9.17, 15) is 24.0 Å². The summed E-state index contributed by atoms with van der Waals surface area (Å²) in [6, 6.07) is 3.09. The first kappa shape index (κ1) is 38.8. The third-order valence-electron chi connectivity index (χ3n) is 12.9. The number of fused-ring (bicyclic) bond motifs is 5. The number of aliphatic carboxylic acids is 1. The quantitative estimate of drug-likeness (QED) is 0.233. The zero-order chi connectivity index (χ0) is 36.3. The van der Waals surface area contributed by atoms with Crippen molar-refractivity contribution in [2.75, 3.05) is 39.0 Å². The smallest absolute Gasteiger partial charge is 0.303 e. The Morgan fingerprint density at radius 1 is 1.10 bits per heavy atom. The monoisotopic (exact) mass is 701 g/mol. The number of nitrogens with two attached hydrogens (primary N) is 1. The van der Waals surface area contributed by atoms with Crippen molar-refractivity contribution in [3.05, 3.63) is 22.7 Å². The van der Waals surface area contributed by atoms with Gasteiger partial charge in [0.05, 0.1) is 23.4 Å². The Morgan fingerprint density at radius 2 is 1.80 bits per heavy atom. The number of benzene rings is 1. The topological polar surface area (TPSA) is 156 Å². The van der Waals surface area contributed by atoms with Gasteiger partial charge in [-0.15, -0.1) is 0 Å². The van der Waals surface area contributed by atoms with E-state index < -0.39 is 11.4 Å². The van der Waals surface area contributed by atoms with E-state index in [1.165, 1.54) is 13.2 Å². The maximum absolute atomic E-state index is 13.6. The van der Waals surface area contributed by atoms with Crippen molar-refractivity contribution in [1.82, 2.24) is 10.2 Å². The highest BCUT2D eigenvalue weighted by Crippen LogP contribution is 2.66. The highest BCUT2D eigenvalue weighted by Gasteiger charge is 2.66. The van der Waals surface area contributed by atoms with Crippen LogP contribution in [0.25, 0.3) is 0 Å². The molecule has 11 heteroatoms. The van der Waals surface area contributed by atoms with E-state index in [-0.39, 0.29) is 70.6 Å². The predicted octanol–water partition coefficient (Wildman–Crippen LogP) is 6.08. The largest absolute Gasteiger partial charge is 0.496 e. The summed E-state index contributed by atoms with van der Waals surface area (Å²) in [5.41, 5.74) is 5.88. The van der Waals surface area contributed by atoms with Crippen LogP contribution in [0.15, 0.2) is 12.1 Å². The lowest BCUT2D eigenvalue weighted by Gasteiger charge is -2.58. The Morgan fingerprint density at radius 3 is 2.43 bits per heavy atom. The molecule has 8 atom stereocenters. The van der Waals surface area contributed by atoms with E-state index in [2.05, 4.69) is 44.8 Å². The molecule has 4 aliphatic carbocycles. The van der Waals surface area contributed by atoms with Crippen LogP contribution in [0.1, 0.15) is 103 Å². The van der Waals surface area contributed by atoms with E-state index in [0.717, 1.165) is 38.9 Å². The van der Waals surface area contributed by atoms with E-state index in [0.29, 0.717) is 60.7 Å². The van der Waals surface area contributed by atoms with Gasteiger partial charge in [-0.05, 0) is 79.8 Å². The first-order chi connectivity index (χ1) is 23.1. The van der Waals surface area contributed by atoms with Crippen LogP contribution in [0.2, 0.25) is 5.02 Å². The Bertz CT molecular complexity index is 1430. The number of hydrogen-bond donors (Lipinski definition) is 3. The number of anilines is 1. The number of carbonyl (C=O) groups is 5. The van der Waals surface area contributed by atoms with Gasteiger partial charge >= 0.3 is 5.97 Å². The van der Waals surface area contributed by atoms with Gasteiger partial charge in [0.2, 0.25) is 0 Å². The normalized spacial score (nSPS) is 31.2. The predicted molar refractivity (Wildman–Crippen MR) is 190 cm³/mol. The average Bonchev–Trinajstić information content (AvgIpc) is 3.42. The lowest BCUT2D eigenvalue weighted by atomic mass is 9.44. The van der Waals surface area contributed by atoms with E-state index >= 15 is 0 Å². The number of nitrogen functional groups attached to an aromatic ring is 1. The van der Waals surface area contributed by atoms with E-state index in [4.69, 9.17) is 27.2 Å². The van der Waals surface area contributed by atoms with Gasteiger partial charge in [0.15, 0.2) is 0 Å². The second-order valence-electron chi connectivity index (χ2n) is 15.2. The highest BCUT2D eigenvalue weighted by molar-refractivity contribution is 6.33. The fraction of sp³-hybridized carbons (Fsp3) is 0.711. The maximum Gasteiger partial charge on any atom is 0.303 e. The summed E-state index contributed by atoms with van der Waals surface area (Å²) in [6.07, 6.45) is 5.33. The molecular weight excluding hydrogens is 646 g/mol. The maximum atomic E-state index is 13.6. The molecule has 1 aromatic carbocycles. The standard InChI is InChI=1S/C24H34O5.C14H22ClN3O2/c1-13(4-7-21(28)29)16-5-6-17-22-18(12-20(27)24(16,17)3)23(2)9-8-15(25)10-14(23)11-19(22)26;1-4-18(5-2)7-6-17-14(19)10-8-11(15)12(16)9-13(10)20-3/h13-14,16-18,22H,4-12H2,1-3H3,(H,28,29);8-9H,4-7,16H2,1-3H3,(H,17,19)/t13-,14+,16-,17+,18+,22+,23+,24-;/m1./s1. The van der Waals surface area contributed by atoms with Gasteiger partial charge in [0, 0.05) is 62.6 Å². The van der Waals surface area contributed by atoms with Gasteiger partial charge in [-0.3, -0.25) is 24.0 Å². The third-order valence-corrected chi connectivity index (χ3v) is 13.2. The van der Waals surface area contributed by atoms with Crippen molar-refractivity contribution in [2.24, 2.45) is 46.3 Å². The molecule has 0 bridgehead atoms. The molecule has 4 aliphatic rings. The molecule has 0 radical (unpaired) electrons. The summed E-state index contributed by atoms with van der Waals surface area (Å²) in [4.78, 5) is 64.3. The Kier molecular flexibility index (Phi) is 12.6. The SMILES string of the molecule is CCN(CC)CCNC(=O)c1cc(Cl)c(N)cc1OC.C[C@H](CCC(=O)O)[C@H]1CC[C@H]2[C@@H]3C(=O)C[C@@H]4CC(=O)CC[C@]4(C)[C@H]3CC(=O)[C@]12C. The van der Waals surface area contributed by atoms with Gasteiger partial charge in [0.25, 0.3) is 5.91 Å². The summed E-state index contributed by atoms with van der Waals surface area (Å²) in [5, 5.41) is 12.3. The van der Waals surface area contributed by atoms with Crippen LogP contribution in [0.5, 0.6) is 5.75 Å². The number of nitrogens with zero attached hydrogens (tertiary/aromatic N) is 1. The minimum atomic E-state index is -0.792. The number of methoxy groups -OCH3 is 1. The van der Waals surface area contributed by atoms with Crippen LogP contribution >= 0.6 is 11.6 Å². The number of halogens is 1. The minimum absolute atomic E-state index is 0.0659. The molecule has 10 nitrogen and oxygen atoms in total. The zero-order valence-electron chi connectivity index (χ0n) is 30.1. The van der Waals surface area contributed by atoms with Gasteiger partial charge in [-0.2, -0.15) is 0 Å².